The number of ether oxygens (including phenoxy) is 1. The van der Waals surface area contributed by atoms with E-state index in [1.54, 1.807) is 23.1 Å². The maximum Gasteiger partial charge on any atom is 0.125 e. The van der Waals surface area contributed by atoms with Gasteiger partial charge in [0.05, 0.1) is 12.2 Å². The van der Waals surface area contributed by atoms with Crippen molar-refractivity contribution in [2.75, 3.05) is 18.9 Å². The number of thiazole rings is 1. The van der Waals surface area contributed by atoms with E-state index in [1.807, 2.05) is 18.7 Å². The highest BCUT2D eigenvalue weighted by atomic mass is 32.2. The van der Waals surface area contributed by atoms with Gasteiger partial charge in [-0.05, 0) is 13.8 Å². The summed E-state index contributed by atoms with van der Waals surface area (Å²) >= 11 is 5.32. The third-order valence-electron chi connectivity index (χ3n) is 2.24. The lowest BCUT2D eigenvalue weighted by molar-refractivity contribution is 0.0761. The number of hydrogen-bond donors (Lipinski definition) is 0. The summed E-state index contributed by atoms with van der Waals surface area (Å²) in [4.78, 5) is 9.01. The normalized spacial score (nSPS) is 17.2. The Balaban J connectivity index is 1.85. The Morgan fingerprint density at radius 1 is 1.59 bits per heavy atom. The minimum Gasteiger partial charge on any atom is -0.372 e. The van der Waals surface area contributed by atoms with E-state index in [4.69, 9.17) is 4.74 Å². The van der Waals surface area contributed by atoms with Crippen LogP contribution in [0, 0.1) is 0 Å². The number of hydrogen-bond acceptors (Lipinski definition) is 6. The monoisotopic (exact) mass is 288 g/mol. The minimum atomic E-state index is 0.113. The van der Waals surface area contributed by atoms with Crippen molar-refractivity contribution in [3.8, 4) is 0 Å². The molecular formula is C11H16N2OS3. The molecule has 0 aliphatic carbocycles. The van der Waals surface area contributed by atoms with Crippen molar-refractivity contribution in [1.29, 1.82) is 0 Å². The first kappa shape index (κ1) is 13.4. The molecule has 1 aromatic rings. The van der Waals surface area contributed by atoms with Gasteiger partial charge in [0.25, 0.3) is 0 Å². The van der Waals surface area contributed by atoms with Crippen molar-refractivity contribution in [3.05, 3.63) is 16.1 Å². The molecule has 0 saturated heterocycles. The number of nitrogens with zero attached hydrogens (tertiary/aromatic N) is 2. The van der Waals surface area contributed by atoms with Crippen LogP contribution in [0.3, 0.4) is 0 Å². The second-order valence-corrected chi connectivity index (χ2v) is 6.76. The van der Waals surface area contributed by atoms with Gasteiger partial charge in [-0.15, -0.1) is 11.3 Å². The van der Waals surface area contributed by atoms with Crippen LogP contribution in [0.15, 0.2) is 10.4 Å². The number of aliphatic imine (C=N–C) groups is 1. The van der Waals surface area contributed by atoms with Crippen LogP contribution in [-0.4, -0.2) is 28.3 Å². The third-order valence-corrected chi connectivity index (χ3v) is 5.58. The summed E-state index contributed by atoms with van der Waals surface area (Å²) in [6.45, 7) is 5.77. The highest BCUT2D eigenvalue weighted by molar-refractivity contribution is 8.38. The van der Waals surface area contributed by atoms with Crippen molar-refractivity contribution in [1.82, 2.24) is 4.98 Å². The summed E-state index contributed by atoms with van der Waals surface area (Å²) in [7, 11) is 0. The van der Waals surface area contributed by atoms with Crippen LogP contribution in [0.5, 0.6) is 0 Å². The topological polar surface area (TPSA) is 34.5 Å². The molecule has 0 saturated carbocycles. The van der Waals surface area contributed by atoms with Crippen LogP contribution < -0.4 is 0 Å². The molecule has 1 aromatic heterocycles. The Bertz CT molecular complexity index is 392. The highest BCUT2D eigenvalue weighted by Gasteiger charge is 2.12. The van der Waals surface area contributed by atoms with Gasteiger partial charge < -0.3 is 4.74 Å². The Kier molecular flexibility index (Phi) is 5.34. The summed E-state index contributed by atoms with van der Waals surface area (Å²) in [6, 6.07) is 0. The van der Waals surface area contributed by atoms with Crippen LogP contribution in [-0.2, 0) is 10.5 Å². The zero-order valence-corrected chi connectivity index (χ0v) is 12.5. The van der Waals surface area contributed by atoms with Crippen LogP contribution in [0.4, 0.5) is 0 Å². The standard InChI is InChI=1S/C11H16N2OS3/c1-3-14-8(2)10-13-9(6-16-10)7-17-11-12-4-5-15-11/h6,8H,3-5,7H2,1-2H3/t8-/m1/s1. The molecule has 0 fully saturated rings. The molecule has 94 valence electrons. The first-order chi connectivity index (χ1) is 8.29. The Hall–Kier alpha value is -0.0400. The maximum atomic E-state index is 5.53. The zero-order valence-electron chi connectivity index (χ0n) is 10.0. The largest absolute Gasteiger partial charge is 0.372 e. The van der Waals surface area contributed by atoms with E-state index in [-0.39, 0.29) is 6.10 Å². The van der Waals surface area contributed by atoms with Crippen LogP contribution in [0.1, 0.15) is 30.7 Å². The molecule has 0 amide bonds. The van der Waals surface area contributed by atoms with Crippen molar-refractivity contribution in [2.24, 2.45) is 4.99 Å². The van der Waals surface area contributed by atoms with Gasteiger partial charge in [0.1, 0.15) is 15.5 Å². The van der Waals surface area contributed by atoms with E-state index < -0.39 is 0 Å². The molecule has 3 nitrogen and oxygen atoms in total. The van der Waals surface area contributed by atoms with E-state index in [9.17, 15) is 0 Å². The second-order valence-electron chi connectivity index (χ2n) is 3.56. The zero-order chi connectivity index (χ0) is 12.1. The van der Waals surface area contributed by atoms with Crippen LogP contribution in [0.2, 0.25) is 0 Å². The third kappa shape index (κ3) is 3.98. The molecule has 0 unspecified atom stereocenters. The molecule has 1 atom stereocenters. The lowest BCUT2D eigenvalue weighted by Gasteiger charge is -2.06. The lowest BCUT2D eigenvalue weighted by atomic mass is 10.4. The fourth-order valence-corrected chi connectivity index (χ4v) is 4.27. The summed E-state index contributed by atoms with van der Waals surface area (Å²) in [5, 5.41) is 3.20. The summed E-state index contributed by atoms with van der Waals surface area (Å²) < 4.78 is 6.74. The summed E-state index contributed by atoms with van der Waals surface area (Å²) in [5.41, 5.74) is 1.14. The molecule has 2 heterocycles. The van der Waals surface area contributed by atoms with Gasteiger partial charge in [-0.3, -0.25) is 4.99 Å². The van der Waals surface area contributed by atoms with E-state index in [1.165, 1.54) is 4.38 Å². The maximum absolute atomic E-state index is 5.53. The second kappa shape index (κ2) is 6.78. The van der Waals surface area contributed by atoms with Crippen LogP contribution >= 0.6 is 34.9 Å². The highest BCUT2D eigenvalue weighted by Crippen LogP contribution is 2.27. The van der Waals surface area contributed by atoms with Gasteiger partial charge in [0.2, 0.25) is 0 Å². The molecular weight excluding hydrogens is 272 g/mol. The predicted molar refractivity (Wildman–Crippen MR) is 78.2 cm³/mol. The average molecular weight is 288 g/mol. The molecule has 0 N–H and O–H groups in total. The Morgan fingerprint density at radius 2 is 2.47 bits per heavy atom. The number of rotatable bonds is 5. The first-order valence-corrected chi connectivity index (χ1v) is 8.50. The fraction of sp³-hybridized carbons (Fsp3) is 0.636. The van der Waals surface area contributed by atoms with Crippen molar-refractivity contribution >= 4 is 39.2 Å². The van der Waals surface area contributed by atoms with E-state index in [2.05, 4.69) is 22.3 Å². The van der Waals surface area contributed by atoms with Crippen molar-refractivity contribution in [2.45, 2.75) is 25.7 Å². The minimum absolute atomic E-state index is 0.113. The SMILES string of the molecule is CCO[C@H](C)c1nc(CSC2=NCCS2)cs1. The molecule has 0 bridgehead atoms. The molecule has 1 aliphatic rings. The van der Waals surface area contributed by atoms with Gasteiger partial charge in [0.15, 0.2) is 0 Å². The van der Waals surface area contributed by atoms with Gasteiger partial charge >= 0.3 is 0 Å². The van der Waals surface area contributed by atoms with Gasteiger partial charge in [-0.25, -0.2) is 4.98 Å². The fourth-order valence-electron chi connectivity index (χ4n) is 1.44. The summed E-state index contributed by atoms with van der Waals surface area (Å²) in [6.07, 6.45) is 0.113. The molecule has 6 heteroatoms. The molecule has 0 radical (unpaired) electrons. The average Bonchev–Trinajstić information content (AvgIpc) is 2.98. The number of aromatic nitrogens is 1. The van der Waals surface area contributed by atoms with Gasteiger partial charge in [0, 0.05) is 23.5 Å². The Labute approximate surface area is 114 Å². The van der Waals surface area contributed by atoms with E-state index >= 15 is 0 Å². The number of thioether (sulfide) groups is 2. The van der Waals surface area contributed by atoms with Gasteiger partial charge in [-0.2, -0.15) is 0 Å². The Morgan fingerprint density at radius 3 is 3.18 bits per heavy atom. The van der Waals surface area contributed by atoms with Gasteiger partial charge in [-0.1, -0.05) is 23.5 Å². The quantitative estimate of drug-likeness (QED) is 0.829. The molecule has 2 rings (SSSR count). The molecule has 1 aliphatic heterocycles. The lowest BCUT2D eigenvalue weighted by Crippen LogP contribution is -1.99. The molecule has 0 aromatic carbocycles. The van der Waals surface area contributed by atoms with Crippen molar-refractivity contribution < 1.29 is 4.74 Å². The first-order valence-electron chi connectivity index (χ1n) is 5.65. The smallest absolute Gasteiger partial charge is 0.125 e. The molecule has 17 heavy (non-hydrogen) atoms. The summed E-state index contributed by atoms with van der Waals surface area (Å²) in [5.74, 6) is 2.05. The van der Waals surface area contributed by atoms with E-state index in [0.717, 1.165) is 35.4 Å². The molecule has 0 spiro atoms. The van der Waals surface area contributed by atoms with Crippen LogP contribution in [0.25, 0.3) is 0 Å². The van der Waals surface area contributed by atoms with E-state index in [0.29, 0.717) is 0 Å². The predicted octanol–water partition coefficient (Wildman–Crippen LogP) is 3.58. The van der Waals surface area contributed by atoms with Crippen molar-refractivity contribution in [3.63, 3.8) is 0 Å².